The van der Waals surface area contributed by atoms with E-state index in [1.165, 1.54) is 13.5 Å². The van der Waals surface area contributed by atoms with Crippen LogP contribution in [0.4, 0.5) is 0 Å². The SMILES string of the molecule is COC(=O)[C@H]1CC[C@H]2[C@@H]3CC[C@@H]4C[C@](C)(O)CC[C@]4(CO)[C@H]3CC[C@]12C. The van der Waals surface area contributed by atoms with Crippen LogP contribution in [0.15, 0.2) is 0 Å². The molecule has 0 aromatic rings. The molecule has 26 heavy (non-hydrogen) atoms. The quantitative estimate of drug-likeness (QED) is 0.736. The lowest BCUT2D eigenvalue weighted by Crippen LogP contribution is -2.58. The van der Waals surface area contributed by atoms with Crippen molar-refractivity contribution in [3.05, 3.63) is 0 Å². The highest BCUT2D eigenvalue weighted by molar-refractivity contribution is 5.73. The van der Waals surface area contributed by atoms with Crippen molar-refractivity contribution < 1.29 is 19.7 Å². The standard InChI is InChI=1S/C22H36O4/c1-20(25)10-11-22(13-23)14(12-20)4-5-15-16-6-7-18(19(24)26-3)21(16,2)9-8-17(15)22/h14-18,23,25H,4-13H2,1-3H3/t14-,15+,16+,17+,18-,20-,21+,22-/m1/s1. The minimum Gasteiger partial charge on any atom is -0.469 e. The van der Waals surface area contributed by atoms with E-state index >= 15 is 0 Å². The average Bonchev–Trinajstić information content (AvgIpc) is 2.97. The number of rotatable bonds is 2. The van der Waals surface area contributed by atoms with Crippen LogP contribution in [-0.2, 0) is 9.53 Å². The minimum atomic E-state index is -0.567. The maximum atomic E-state index is 12.4. The number of carbonyl (C=O) groups excluding carboxylic acids is 1. The molecule has 4 aliphatic carbocycles. The number of esters is 1. The number of aliphatic hydroxyl groups excluding tert-OH is 1. The third-order valence-corrected chi connectivity index (χ3v) is 9.43. The van der Waals surface area contributed by atoms with Gasteiger partial charge in [-0.05, 0) is 99.2 Å². The van der Waals surface area contributed by atoms with Gasteiger partial charge in [0.2, 0.25) is 0 Å². The van der Waals surface area contributed by atoms with Crippen molar-refractivity contribution in [1.82, 2.24) is 0 Å². The van der Waals surface area contributed by atoms with Gasteiger partial charge in [-0.25, -0.2) is 0 Å². The molecular formula is C22H36O4. The van der Waals surface area contributed by atoms with Gasteiger partial charge in [0, 0.05) is 6.61 Å². The monoisotopic (exact) mass is 364 g/mol. The number of hydrogen-bond donors (Lipinski definition) is 2. The first-order chi connectivity index (χ1) is 12.3. The van der Waals surface area contributed by atoms with E-state index in [2.05, 4.69) is 6.92 Å². The van der Waals surface area contributed by atoms with Gasteiger partial charge in [-0.1, -0.05) is 6.92 Å². The van der Waals surface area contributed by atoms with E-state index in [9.17, 15) is 15.0 Å². The first-order valence-corrected chi connectivity index (χ1v) is 10.7. The molecule has 0 spiro atoms. The van der Waals surface area contributed by atoms with Gasteiger partial charge in [0.05, 0.1) is 18.6 Å². The fourth-order valence-corrected chi connectivity index (χ4v) is 8.07. The fraction of sp³-hybridized carbons (Fsp3) is 0.955. The zero-order valence-electron chi connectivity index (χ0n) is 16.7. The highest BCUT2D eigenvalue weighted by atomic mass is 16.5. The van der Waals surface area contributed by atoms with E-state index in [1.807, 2.05) is 6.92 Å². The van der Waals surface area contributed by atoms with Crippen LogP contribution in [-0.4, -0.2) is 35.5 Å². The summed E-state index contributed by atoms with van der Waals surface area (Å²) in [6, 6.07) is 0. The molecule has 4 nitrogen and oxygen atoms in total. The first kappa shape index (κ1) is 18.7. The lowest BCUT2D eigenvalue weighted by atomic mass is 9.43. The number of ether oxygens (including phenoxy) is 1. The lowest BCUT2D eigenvalue weighted by molar-refractivity contribution is -0.175. The Balaban J connectivity index is 1.62. The Morgan fingerprint density at radius 1 is 1.04 bits per heavy atom. The van der Waals surface area contributed by atoms with Crippen molar-refractivity contribution in [2.24, 2.45) is 40.4 Å². The Bertz CT molecular complexity index is 572. The zero-order chi connectivity index (χ0) is 18.7. The molecular weight excluding hydrogens is 328 g/mol. The molecule has 4 saturated carbocycles. The largest absolute Gasteiger partial charge is 0.469 e. The summed E-state index contributed by atoms with van der Waals surface area (Å²) in [6.45, 7) is 4.56. The molecule has 4 rings (SSSR count). The zero-order valence-corrected chi connectivity index (χ0v) is 16.7. The molecule has 0 aliphatic heterocycles. The predicted octanol–water partition coefficient (Wildman–Crippen LogP) is 3.54. The van der Waals surface area contributed by atoms with Crippen LogP contribution in [0.25, 0.3) is 0 Å². The van der Waals surface area contributed by atoms with Gasteiger partial charge in [0.1, 0.15) is 0 Å². The van der Waals surface area contributed by atoms with Crippen LogP contribution in [0.3, 0.4) is 0 Å². The minimum absolute atomic E-state index is 0.00413. The number of methoxy groups -OCH3 is 1. The van der Waals surface area contributed by atoms with Crippen molar-refractivity contribution in [3.63, 3.8) is 0 Å². The van der Waals surface area contributed by atoms with Crippen molar-refractivity contribution in [2.75, 3.05) is 13.7 Å². The molecule has 148 valence electrons. The second-order valence-corrected chi connectivity index (χ2v) is 10.4. The van der Waals surface area contributed by atoms with E-state index in [-0.39, 0.29) is 29.3 Å². The van der Waals surface area contributed by atoms with Crippen LogP contribution in [0.2, 0.25) is 0 Å². The van der Waals surface area contributed by atoms with Crippen LogP contribution in [0.5, 0.6) is 0 Å². The van der Waals surface area contributed by atoms with Crippen LogP contribution in [0, 0.1) is 40.4 Å². The molecule has 0 heterocycles. The molecule has 0 aromatic heterocycles. The van der Waals surface area contributed by atoms with Gasteiger partial charge >= 0.3 is 5.97 Å². The predicted molar refractivity (Wildman–Crippen MR) is 99.3 cm³/mol. The topological polar surface area (TPSA) is 66.8 Å². The van der Waals surface area contributed by atoms with Crippen molar-refractivity contribution in [1.29, 1.82) is 0 Å². The summed E-state index contributed by atoms with van der Waals surface area (Å²) in [7, 11) is 1.52. The second-order valence-electron chi connectivity index (χ2n) is 10.4. The number of carbonyl (C=O) groups is 1. The molecule has 8 atom stereocenters. The molecule has 4 heteroatoms. The maximum absolute atomic E-state index is 12.4. The first-order valence-electron chi connectivity index (χ1n) is 10.7. The summed E-state index contributed by atoms with van der Waals surface area (Å²) < 4.78 is 5.13. The highest BCUT2D eigenvalue weighted by Gasteiger charge is 2.63. The maximum Gasteiger partial charge on any atom is 0.309 e. The lowest BCUT2D eigenvalue weighted by Gasteiger charge is -2.62. The number of aliphatic hydroxyl groups is 2. The Morgan fingerprint density at radius 3 is 2.50 bits per heavy atom. The molecule has 0 radical (unpaired) electrons. The molecule has 0 aromatic carbocycles. The van der Waals surface area contributed by atoms with Crippen molar-refractivity contribution in [2.45, 2.75) is 77.2 Å². The number of fused-ring (bicyclic) bond motifs is 5. The van der Waals surface area contributed by atoms with E-state index in [4.69, 9.17) is 4.74 Å². The molecule has 0 saturated heterocycles. The van der Waals surface area contributed by atoms with Gasteiger partial charge in [0.25, 0.3) is 0 Å². The summed E-state index contributed by atoms with van der Waals surface area (Å²) in [5, 5.41) is 21.1. The molecule has 0 bridgehead atoms. The van der Waals surface area contributed by atoms with E-state index in [1.54, 1.807) is 0 Å². The van der Waals surface area contributed by atoms with Crippen LogP contribution >= 0.6 is 0 Å². The van der Waals surface area contributed by atoms with Gasteiger partial charge in [0.15, 0.2) is 0 Å². The van der Waals surface area contributed by atoms with Crippen LogP contribution in [0.1, 0.15) is 71.6 Å². The van der Waals surface area contributed by atoms with Gasteiger partial charge in [-0.15, -0.1) is 0 Å². The molecule has 4 aliphatic rings. The Morgan fingerprint density at radius 2 is 1.81 bits per heavy atom. The van der Waals surface area contributed by atoms with Gasteiger partial charge in [-0.2, -0.15) is 0 Å². The Hall–Kier alpha value is -0.610. The molecule has 4 fully saturated rings. The second kappa shape index (κ2) is 6.20. The van der Waals surface area contributed by atoms with E-state index in [0.29, 0.717) is 23.7 Å². The summed E-state index contributed by atoms with van der Waals surface area (Å²) in [4.78, 5) is 12.4. The Kier molecular flexibility index (Phi) is 4.47. The molecule has 0 unspecified atom stereocenters. The average molecular weight is 365 g/mol. The highest BCUT2D eigenvalue weighted by Crippen LogP contribution is 2.68. The van der Waals surface area contributed by atoms with Crippen molar-refractivity contribution >= 4 is 5.97 Å². The van der Waals surface area contributed by atoms with E-state index < -0.39 is 5.60 Å². The van der Waals surface area contributed by atoms with Crippen molar-refractivity contribution in [3.8, 4) is 0 Å². The molecule has 2 N–H and O–H groups in total. The summed E-state index contributed by atoms with van der Waals surface area (Å²) in [5.74, 6) is 2.23. The smallest absolute Gasteiger partial charge is 0.309 e. The summed E-state index contributed by atoms with van der Waals surface area (Å²) in [5.41, 5.74) is -0.504. The van der Waals surface area contributed by atoms with Gasteiger partial charge in [-0.3, -0.25) is 4.79 Å². The normalized spacial score (nSPS) is 53.3. The Labute approximate surface area is 157 Å². The third-order valence-electron chi connectivity index (χ3n) is 9.43. The van der Waals surface area contributed by atoms with E-state index in [0.717, 1.165) is 51.4 Å². The molecule has 0 amide bonds. The number of hydrogen-bond acceptors (Lipinski definition) is 4. The van der Waals surface area contributed by atoms with Crippen LogP contribution < -0.4 is 0 Å². The summed E-state index contributed by atoms with van der Waals surface area (Å²) >= 11 is 0. The summed E-state index contributed by atoms with van der Waals surface area (Å²) in [6.07, 6.45) is 9.18. The third kappa shape index (κ3) is 2.51. The van der Waals surface area contributed by atoms with Gasteiger partial charge < -0.3 is 14.9 Å². The fourth-order valence-electron chi connectivity index (χ4n) is 8.07.